The number of amides is 3. The number of carbonyl (C=O) groups is 3. The molecule has 2 aromatic carbocycles. The summed E-state index contributed by atoms with van der Waals surface area (Å²) in [7, 11) is 0. The van der Waals surface area contributed by atoms with E-state index in [0.29, 0.717) is 48.0 Å². The van der Waals surface area contributed by atoms with E-state index in [-0.39, 0.29) is 38.1 Å². The number of nitrogens with zero attached hydrogens (tertiary/aromatic N) is 3. The number of halogens is 1. The molecule has 0 saturated carbocycles. The van der Waals surface area contributed by atoms with Crippen LogP contribution in [0.3, 0.4) is 0 Å². The zero-order chi connectivity index (χ0) is 31.6. The number of anilines is 2. The summed E-state index contributed by atoms with van der Waals surface area (Å²) in [6.45, 7) is 12.0. The summed E-state index contributed by atoms with van der Waals surface area (Å²) in [4.78, 5) is 48.2. The van der Waals surface area contributed by atoms with Crippen molar-refractivity contribution in [2.45, 2.75) is 50.4 Å². The maximum Gasteiger partial charge on any atom is 0.253 e. The molecule has 1 spiro atoms. The average molecular weight is 622 g/mol. The average Bonchev–Trinajstić information content (AvgIpc) is 3.63. The van der Waals surface area contributed by atoms with E-state index in [0.717, 1.165) is 0 Å². The molecule has 0 aliphatic carbocycles. The van der Waals surface area contributed by atoms with Crippen molar-refractivity contribution < 1.29 is 29.0 Å². The minimum atomic E-state index is -1.25. The molecule has 10 heteroatoms. The maximum atomic E-state index is 14.6. The number of hydrogen-bond acceptors (Lipinski definition) is 6. The summed E-state index contributed by atoms with van der Waals surface area (Å²) < 4.78 is 12.5. The quantitative estimate of drug-likeness (QED) is 0.328. The van der Waals surface area contributed by atoms with Gasteiger partial charge in [0.15, 0.2) is 0 Å². The van der Waals surface area contributed by atoms with Crippen molar-refractivity contribution in [3.63, 3.8) is 0 Å². The molecule has 3 amide bonds. The van der Waals surface area contributed by atoms with Gasteiger partial charge in [0.05, 0.1) is 41.4 Å². The van der Waals surface area contributed by atoms with Crippen molar-refractivity contribution in [2.24, 2.45) is 11.8 Å². The van der Waals surface area contributed by atoms with Crippen LogP contribution in [0.15, 0.2) is 73.8 Å². The number of para-hydroxylation sites is 1. The summed E-state index contributed by atoms with van der Waals surface area (Å²) in [5, 5.41) is 10.4. The zero-order valence-corrected chi connectivity index (χ0v) is 26.0. The molecule has 3 heterocycles. The lowest BCUT2D eigenvalue weighted by atomic mass is 9.64. The fourth-order valence-electron chi connectivity index (χ4n) is 7.48. The lowest BCUT2D eigenvalue weighted by molar-refractivity contribution is -0.146. The van der Waals surface area contributed by atoms with E-state index in [9.17, 15) is 19.5 Å². The van der Waals surface area contributed by atoms with E-state index in [1.54, 1.807) is 53.5 Å². The van der Waals surface area contributed by atoms with Gasteiger partial charge >= 0.3 is 0 Å². The highest BCUT2D eigenvalue weighted by molar-refractivity contribution is 6.34. The lowest BCUT2D eigenvalue weighted by Gasteiger charge is -2.37. The summed E-state index contributed by atoms with van der Waals surface area (Å²) in [5.74, 6) is -2.08. The van der Waals surface area contributed by atoms with E-state index in [1.807, 2.05) is 26.0 Å². The van der Waals surface area contributed by atoms with Crippen LogP contribution in [0.4, 0.5) is 11.4 Å². The fraction of sp³-hybridized carbons (Fsp3) is 0.441. The molecule has 0 aromatic heterocycles. The largest absolute Gasteiger partial charge is 0.494 e. The number of fused-ring (bicyclic) bond motifs is 1. The molecular formula is C34H40ClN3O6. The first kappa shape index (κ1) is 31.8. The number of aliphatic hydroxyl groups is 1. The molecule has 2 aromatic rings. The second-order valence-corrected chi connectivity index (χ2v) is 11.8. The van der Waals surface area contributed by atoms with Crippen molar-refractivity contribution >= 4 is 40.7 Å². The minimum absolute atomic E-state index is 0.0728. The Morgan fingerprint density at radius 3 is 2.36 bits per heavy atom. The Kier molecular flexibility index (Phi) is 9.20. The van der Waals surface area contributed by atoms with E-state index in [1.165, 1.54) is 9.80 Å². The molecule has 3 aliphatic rings. The Morgan fingerprint density at radius 1 is 1.07 bits per heavy atom. The molecule has 2 unspecified atom stereocenters. The fourth-order valence-corrected chi connectivity index (χ4v) is 7.72. The van der Waals surface area contributed by atoms with Crippen LogP contribution in [0.1, 0.15) is 33.1 Å². The van der Waals surface area contributed by atoms with Gasteiger partial charge in [0.25, 0.3) is 5.91 Å². The van der Waals surface area contributed by atoms with Crippen molar-refractivity contribution in [2.75, 3.05) is 42.6 Å². The third-order valence-electron chi connectivity index (χ3n) is 9.28. The number of benzene rings is 2. The molecule has 3 fully saturated rings. The Hall–Kier alpha value is -3.66. The Morgan fingerprint density at radius 2 is 1.75 bits per heavy atom. The highest BCUT2D eigenvalue weighted by Crippen LogP contribution is 2.64. The summed E-state index contributed by atoms with van der Waals surface area (Å²) >= 11 is 6.53. The van der Waals surface area contributed by atoms with Gasteiger partial charge in [-0.15, -0.1) is 13.2 Å². The molecule has 3 aliphatic heterocycles. The molecule has 44 heavy (non-hydrogen) atoms. The van der Waals surface area contributed by atoms with Crippen LogP contribution in [0.25, 0.3) is 0 Å². The van der Waals surface area contributed by atoms with Gasteiger partial charge in [0.2, 0.25) is 11.8 Å². The van der Waals surface area contributed by atoms with Crippen LogP contribution in [0.5, 0.6) is 5.75 Å². The van der Waals surface area contributed by atoms with Crippen LogP contribution in [-0.4, -0.2) is 77.8 Å². The molecule has 2 bridgehead atoms. The van der Waals surface area contributed by atoms with Gasteiger partial charge in [0.1, 0.15) is 17.4 Å². The van der Waals surface area contributed by atoms with Gasteiger partial charge in [-0.2, -0.15) is 0 Å². The van der Waals surface area contributed by atoms with E-state index in [4.69, 9.17) is 21.1 Å². The van der Waals surface area contributed by atoms with E-state index in [2.05, 4.69) is 13.2 Å². The number of rotatable bonds is 13. The van der Waals surface area contributed by atoms with Crippen LogP contribution < -0.4 is 14.5 Å². The van der Waals surface area contributed by atoms with Crippen LogP contribution >= 0.6 is 11.6 Å². The minimum Gasteiger partial charge on any atom is -0.494 e. The van der Waals surface area contributed by atoms with E-state index >= 15 is 0 Å². The van der Waals surface area contributed by atoms with Gasteiger partial charge in [-0.3, -0.25) is 14.4 Å². The van der Waals surface area contributed by atoms with Gasteiger partial charge < -0.3 is 29.3 Å². The normalized spacial score (nSPS) is 26.8. The summed E-state index contributed by atoms with van der Waals surface area (Å²) in [6.07, 6.45) is 4.67. The summed E-state index contributed by atoms with van der Waals surface area (Å²) in [6, 6.07) is 13.2. The SMILES string of the molecule is C=CCN(C(=O)[C@@H]1[C@H]2C(=O)N(CCO)C(C(=O)N(CC=C)c3ccccc3Cl)C23CC[C@@]1(CC)O3)c1ccc(OCC)cc1. The van der Waals surface area contributed by atoms with Crippen molar-refractivity contribution in [3.8, 4) is 5.75 Å². The molecule has 9 nitrogen and oxygen atoms in total. The van der Waals surface area contributed by atoms with Gasteiger partial charge in [0, 0.05) is 25.3 Å². The third kappa shape index (κ3) is 5.01. The van der Waals surface area contributed by atoms with Crippen molar-refractivity contribution in [1.82, 2.24) is 4.90 Å². The third-order valence-corrected chi connectivity index (χ3v) is 9.60. The Balaban J connectivity index is 1.58. The molecule has 234 valence electrons. The first-order chi connectivity index (χ1) is 21.2. The standard InChI is InChI=1S/C34H40ClN3O6/c1-5-19-36(23-13-15-24(16-14-23)43-8-4)30(40)27-28-31(41)38(21-22-39)29(34(28)18-17-33(27,7-3)44-34)32(42)37(20-6-2)26-12-10-9-11-25(26)35/h5-6,9-16,27-29,39H,1-2,7-8,17-22H2,3-4H3/t27-,28-,29?,33+,34?/m0/s1. The predicted octanol–water partition coefficient (Wildman–Crippen LogP) is 4.62. The predicted molar refractivity (Wildman–Crippen MR) is 170 cm³/mol. The number of carbonyl (C=O) groups excluding carboxylic acids is 3. The van der Waals surface area contributed by atoms with Crippen LogP contribution in [0.2, 0.25) is 5.02 Å². The second-order valence-electron chi connectivity index (χ2n) is 11.4. The van der Waals surface area contributed by atoms with Crippen molar-refractivity contribution in [1.29, 1.82) is 0 Å². The van der Waals surface area contributed by atoms with Crippen LogP contribution in [0, 0.1) is 11.8 Å². The van der Waals surface area contributed by atoms with Gasteiger partial charge in [-0.1, -0.05) is 42.8 Å². The Labute approximate surface area is 263 Å². The molecule has 1 N–H and O–H groups in total. The number of β-amino-alcohol motifs (C(OH)–C–C–N with tert-alkyl or cyclic N) is 1. The number of aliphatic hydroxyl groups excluding tert-OH is 1. The van der Waals surface area contributed by atoms with E-state index < -0.39 is 35.0 Å². The number of ether oxygens (including phenoxy) is 2. The highest BCUT2D eigenvalue weighted by atomic mass is 35.5. The molecule has 0 radical (unpaired) electrons. The molecule has 5 atom stereocenters. The first-order valence-corrected chi connectivity index (χ1v) is 15.5. The maximum absolute atomic E-state index is 14.6. The molecule has 3 saturated heterocycles. The lowest BCUT2D eigenvalue weighted by Crippen LogP contribution is -2.57. The topological polar surface area (TPSA) is 99.6 Å². The number of likely N-dealkylation sites (tertiary alicyclic amines) is 1. The van der Waals surface area contributed by atoms with Gasteiger partial charge in [-0.05, 0) is 62.6 Å². The first-order valence-electron chi connectivity index (χ1n) is 15.2. The molecular weight excluding hydrogens is 582 g/mol. The van der Waals surface area contributed by atoms with Gasteiger partial charge in [-0.25, -0.2) is 0 Å². The second kappa shape index (κ2) is 12.8. The zero-order valence-electron chi connectivity index (χ0n) is 25.3. The van der Waals surface area contributed by atoms with Crippen molar-refractivity contribution in [3.05, 3.63) is 78.9 Å². The Bertz CT molecular complexity index is 1430. The van der Waals surface area contributed by atoms with Crippen LogP contribution in [-0.2, 0) is 19.1 Å². The smallest absolute Gasteiger partial charge is 0.253 e. The number of hydrogen-bond donors (Lipinski definition) is 1. The monoisotopic (exact) mass is 621 g/mol. The highest BCUT2D eigenvalue weighted by Gasteiger charge is 2.79. The summed E-state index contributed by atoms with van der Waals surface area (Å²) in [5.41, 5.74) is -1.06. The molecule has 5 rings (SSSR count).